The van der Waals surface area contributed by atoms with Crippen LogP contribution >= 0.6 is 0 Å². The van der Waals surface area contributed by atoms with E-state index in [-0.39, 0.29) is 30.0 Å². The van der Waals surface area contributed by atoms with Crippen molar-refractivity contribution in [2.75, 3.05) is 13.7 Å². The van der Waals surface area contributed by atoms with Crippen LogP contribution in [0.4, 0.5) is 0 Å². The zero-order chi connectivity index (χ0) is 19.3. The van der Waals surface area contributed by atoms with Crippen molar-refractivity contribution < 1.29 is 14.6 Å². The topological polar surface area (TPSA) is 61.8 Å². The van der Waals surface area contributed by atoms with Crippen molar-refractivity contribution in [1.82, 2.24) is 10.2 Å². The van der Waals surface area contributed by atoms with Crippen molar-refractivity contribution in [1.29, 1.82) is 0 Å². The molecule has 0 bridgehead atoms. The third kappa shape index (κ3) is 4.65. The monoisotopic (exact) mass is 360 g/mol. The molecule has 5 atom stereocenters. The van der Waals surface area contributed by atoms with Gasteiger partial charge in [0.15, 0.2) is 0 Å². The van der Waals surface area contributed by atoms with Gasteiger partial charge in [0, 0.05) is 19.4 Å². The molecular formula is C21H32N2O3. The maximum atomic E-state index is 12.8. The lowest BCUT2D eigenvalue weighted by molar-refractivity contribution is -0.132. The van der Waals surface area contributed by atoms with Gasteiger partial charge in [-0.25, -0.2) is 0 Å². The molecule has 5 heteroatoms. The van der Waals surface area contributed by atoms with E-state index in [2.05, 4.69) is 16.8 Å². The predicted octanol–water partition coefficient (Wildman–Crippen LogP) is 2.87. The van der Waals surface area contributed by atoms with Crippen LogP contribution < -0.4 is 5.32 Å². The highest BCUT2D eigenvalue weighted by Gasteiger charge is 2.38. The minimum atomic E-state index is -0.744. The molecule has 2 N–H and O–H groups in total. The van der Waals surface area contributed by atoms with E-state index in [1.807, 2.05) is 51.1 Å². The Balaban J connectivity index is 2.01. The summed E-state index contributed by atoms with van der Waals surface area (Å²) in [7, 11) is 1.66. The maximum Gasteiger partial charge on any atom is 0.225 e. The fourth-order valence-electron chi connectivity index (χ4n) is 3.83. The summed E-state index contributed by atoms with van der Waals surface area (Å²) in [5, 5.41) is 13.4. The summed E-state index contributed by atoms with van der Waals surface area (Å²) in [5.41, 5.74) is 1.80. The number of ether oxygens (including phenoxy) is 1. The van der Waals surface area contributed by atoms with Gasteiger partial charge in [0.1, 0.15) is 0 Å². The van der Waals surface area contributed by atoms with Crippen molar-refractivity contribution in [3.8, 4) is 0 Å². The zero-order valence-corrected chi connectivity index (χ0v) is 16.3. The number of hydrogen-bond acceptors (Lipinski definition) is 4. The van der Waals surface area contributed by atoms with Gasteiger partial charge in [0.05, 0.1) is 30.2 Å². The van der Waals surface area contributed by atoms with E-state index in [4.69, 9.17) is 4.74 Å². The van der Waals surface area contributed by atoms with Crippen molar-refractivity contribution in [2.24, 2.45) is 5.92 Å². The molecule has 1 amide bonds. The number of carbonyl (C=O) groups excluding carboxylic acids is 1. The first-order valence-corrected chi connectivity index (χ1v) is 9.35. The van der Waals surface area contributed by atoms with Crippen molar-refractivity contribution >= 4 is 5.91 Å². The number of nitrogens with one attached hydrogen (secondary N) is 1. The van der Waals surface area contributed by atoms with Crippen molar-refractivity contribution in [2.45, 2.75) is 57.9 Å². The Morgan fingerprint density at radius 2 is 2.00 bits per heavy atom. The molecule has 5 nitrogen and oxygen atoms in total. The molecule has 1 aliphatic rings. The van der Waals surface area contributed by atoms with E-state index in [0.29, 0.717) is 0 Å². The molecule has 0 aromatic heterocycles. The zero-order valence-electron chi connectivity index (χ0n) is 16.3. The first-order valence-electron chi connectivity index (χ1n) is 9.35. The van der Waals surface area contributed by atoms with Crippen LogP contribution in [0.1, 0.15) is 45.3 Å². The Morgan fingerprint density at radius 3 is 2.58 bits per heavy atom. The molecule has 1 aromatic rings. The molecular weight excluding hydrogens is 328 g/mol. The van der Waals surface area contributed by atoms with Crippen LogP contribution in [0.2, 0.25) is 0 Å². The van der Waals surface area contributed by atoms with Crippen molar-refractivity contribution in [3.63, 3.8) is 0 Å². The van der Waals surface area contributed by atoms with Crippen LogP contribution in [0, 0.1) is 5.92 Å². The lowest BCUT2D eigenvalue weighted by Crippen LogP contribution is -2.49. The molecule has 2 rings (SSSR count). The Hall–Kier alpha value is -1.85. The molecule has 26 heavy (non-hydrogen) atoms. The summed E-state index contributed by atoms with van der Waals surface area (Å²) < 4.78 is 5.72. The second-order valence-corrected chi connectivity index (χ2v) is 7.28. The average molecular weight is 360 g/mol. The molecule has 144 valence electrons. The van der Waals surface area contributed by atoms with Gasteiger partial charge >= 0.3 is 0 Å². The first-order chi connectivity index (χ1) is 12.4. The number of methoxy groups -OCH3 is 1. The number of aliphatic hydroxyl groups excluding tert-OH is 1. The summed E-state index contributed by atoms with van der Waals surface area (Å²) >= 11 is 0. The van der Waals surface area contributed by atoms with Gasteiger partial charge in [-0.3, -0.25) is 4.79 Å². The fraction of sp³-hybridized carbons (Fsp3) is 0.571. The van der Waals surface area contributed by atoms with Crippen LogP contribution in [0.5, 0.6) is 0 Å². The quantitative estimate of drug-likeness (QED) is 0.748. The number of amides is 1. The van der Waals surface area contributed by atoms with E-state index < -0.39 is 6.10 Å². The molecule has 1 aromatic carbocycles. The summed E-state index contributed by atoms with van der Waals surface area (Å²) in [6, 6.07) is 9.15. The van der Waals surface area contributed by atoms with Crippen LogP contribution in [-0.4, -0.2) is 47.8 Å². The third-order valence-corrected chi connectivity index (χ3v) is 5.33. The highest BCUT2D eigenvalue weighted by molar-refractivity contribution is 5.79. The van der Waals surface area contributed by atoms with E-state index in [1.165, 1.54) is 0 Å². The molecule has 0 aliphatic carbocycles. The van der Waals surface area contributed by atoms with Crippen LogP contribution in [0.25, 0.3) is 0 Å². The average Bonchev–Trinajstić information content (AvgIpc) is 3.12. The molecule has 0 spiro atoms. The molecule has 0 unspecified atom stereocenters. The van der Waals surface area contributed by atoms with Gasteiger partial charge < -0.3 is 20.1 Å². The van der Waals surface area contributed by atoms with Gasteiger partial charge in [0.25, 0.3) is 0 Å². The van der Waals surface area contributed by atoms with E-state index in [9.17, 15) is 9.90 Å². The van der Waals surface area contributed by atoms with E-state index >= 15 is 0 Å². The first kappa shape index (κ1) is 20.5. The minimum absolute atomic E-state index is 0.104. The standard InChI is InChI=1S/C21H32N2O3/c1-14(2)23-13-9-12-18(23)20(26-5)15(3)21(25)22-16(4)19(24)17-10-7-6-8-11-17/h6-8,10-11,15-16,18-20,24H,1,9,12-13H2,2-5H3,(H,22,25)/t15-,16-,18+,19-,20-/m1/s1. The van der Waals surface area contributed by atoms with Crippen LogP contribution in [-0.2, 0) is 9.53 Å². The highest BCUT2D eigenvalue weighted by atomic mass is 16.5. The maximum absolute atomic E-state index is 12.8. The molecule has 0 saturated carbocycles. The SMILES string of the molecule is C=C(C)N1CCC[C@H]1[C@H](OC)[C@@H](C)C(=O)N[C@H](C)[C@@H](O)c1ccccc1. The van der Waals surface area contributed by atoms with Gasteiger partial charge in [-0.05, 0) is 32.3 Å². The number of rotatable bonds is 8. The van der Waals surface area contributed by atoms with E-state index in [1.54, 1.807) is 7.11 Å². The Morgan fingerprint density at radius 1 is 1.35 bits per heavy atom. The Bertz CT molecular complexity index is 605. The third-order valence-electron chi connectivity index (χ3n) is 5.33. The summed E-state index contributed by atoms with van der Waals surface area (Å²) in [6.07, 6.45) is 1.11. The normalized spacial score (nSPS) is 21.7. The van der Waals surface area contributed by atoms with Crippen LogP contribution in [0.15, 0.2) is 42.6 Å². The van der Waals surface area contributed by atoms with E-state index in [0.717, 1.165) is 30.6 Å². The van der Waals surface area contributed by atoms with Gasteiger partial charge in [-0.2, -0.15) is 0 Å². The molecule has 1 fully saturated rings. The fourth-order valence-corrected chi connectivity index (χ4v) is 3.83. The second-order valence-electron chi connectivity index (χ2n) is 7.28. The molecule has 1 aliphatic heterocycles. The van der Waals surface area contributed by atoms with Gasteiger partial charge in [-0.1, -0.05) is 43.8 Å². The largest absolute Gasteiger partial charge is 0.386 e. The lowest BCUT2D eigenvalue weighted by atomic mass is 9.94. The van der Waals surface area contributed by atoms with Crippen LogP contribution in [0.3, 0.4) is 0 Å². The molecule has 1 saturated heterocycles. The Labute approximate surface area is 157 Å². The smallest absolute Gasteiger partial charge is 0.225 e. The number of hydrogen-bond donors (Lipinski definition) is 2. The second kappa shape index (κ2) is 9.19. The minimum Gasteiger partial charge on any atom is -0.386 e. The number of aliphatic hydroxyl groups is 1. The predicted molar refractivity (Wildman–Crippen MR) is 104 cm³/mol. The summed E-state index contributed by atoms with van der Waals surface area (Å²) in [5.74, 6) is -0.428. The molecule has 0 radical (unpaired) electrons. The Kier molecular flexibility index (Phi) is 7.23. The highest BCUT2D eigenvalue weighted by Crippen LogP contribution is 2.29. The number of likely N-dealkylation sites (tertiary alicyclic amines) is 1. The van der Waals surface area contributed by atoms with Crippen molar-refractivity contribution in [3.05, 3.63) is 48.2 Å². The number of nitrogens with zero attached hydrogens (tertiary/aromatic N) is 1. The summed E-state index contributed by atoms with van der Waals surface area (Å²) in [4.78, 5) is 15.0. The number of allylic oxidation sites excluding steroid dienone is 1. The van der Waals surface area contributed by atoms with Gasteiger partial charge in [-0.15, -0.1) is 0 Å². The number of benzene rings is 1. The lowest BCUT2D eigenvalue weighted by Gasteiger charge is -2.35. The summed E-state index contributed by atoms with van der Waals surface area (Å²) in [6.45, 7) is 10.7. The van der Waals surface area contributed by atoms with Gasteiger partial charge in [0.2, 0.25) is 5.91 Å². The number of carbonyl (C=O) groups is 1. The molecule has 1 heterocycles.